The minimum absolute atomic E-state index is 0.000746. The smallest absolute Gasteiger partial charge is 0.243 e. The number of hydrogen-bond donors (Lipinski definition) is 4. The maximum atomic E-state index is 13.0. The summed E-state index contributed by atoms with van der Waals surface area (Å²) >= 11 is 0. The monoisotopic (exact) mass is 464 g/mol. The topological polar surface area (TPSA) is 106 Å². The first-order valence-corrected chi connectivity index (χ1v) is 12.4. The normalized spacial score (nSPS) is 23.9. The predicted molar refractivity (Wildman–Crippen MR) is 135 cm³/mol. The molecule has 8 heteroatoms. The van der Waals surface area contributed by atoms with Gasteiger partial charge in [-0.05, 0) is 75.0 Å². The minimum atomic E-state index is -0.389. The Morgan fingerprint density at radius 2 is 2.24 bits per heavy atom. The summed E-state index contributed by atoms with van der Waals surface area (Å²) in [5.74, 6) is 0.725. The SMILES string of the molecule is Cc1cc2c(cc1N(C)C(=O)[C@H](C)NCCO)N=C(c1n[nH]c3c1C[C@@H]1C[C@]1(C)C3)CCCN2. The Kier molecular flexibility index (Phi) is 5.98. The number of rotatable bonds is 6. The van der Waals surface area contributed by atoms with Crippen molar-refractivity contribution in [1.29, 1.82) is 0 Å². The lowest BCUT2D eigenvalue weighted by atomic mass is 9.87. The maximum Gasteiger partial charge on any atom is 0.243 e. The van der Waals surface area contributed by atoms with E-state index in [0.29, 0.717) is 12.0 Å². The highest BCUT2D eigenvalue weighted by Gasteiger charge is 2.53. The zero-order chi connectivity index (χ0) is 24.0. The van der Waals surface area contributed by atoms with E-state index < -0.39 is 0 Å². The number of aliphatic imine (C=N–C) groups is 1. The predicted octanol–water partition coefficient (Wildman–Crippen LogP) is 3.10. The van der Waals surface area contributed by atoms with Gasteiger partial charge in [0.1, 0.15) is 5.69 Å². The van der Waals surface area contributed by atoms with E-state index in [1.54, 1.807) is 11.9 Å². The molecular formula is C26H36N6O2. The molecule has 3 atom stereocenters. The molecule has 0 unspecified atom stereocenters. The second kappa shape index (κ2) is 8.82. The number of aliphatic hydroxyl groups is 1. The van der Waals surface area contributed by atoms with Crippen LogP contribution in [0.2, 0.25) is 0 Å². The Balaban J connectivity index is 1.48. The molecule has 3 aliphatic rings. The summed E-state index contributed by atoms with van der Waals surface area (Å²) in [5, 5.41) is 23.7. The van der Waals surface area contributed by atoms with Gasteiger partial charge in [0.05, 0.1) is 29.7 Å². The number of carbonyl (C=O) groups is 1. The highest BCUT2D eigenvalue weighted by molar-refractivity contribution is 6.04. The Morgan fingerprint density at radius 3 is 3.03 bits per heavy atom. The number of anilines is 2. The highest BCUT2D eigenvalue weighted by Crippen LogP contribution is 2.59. The molecule has 8 nitrogen and oxygen atoms in total. The molecule has 2 heterocycles. The Morgan fingerprint density at radius 1 is 1.41 bits per heavy atom. The van der Waals surface area contributed by atoms with Crippen molar-refractivity contribution in [2.45, 2.75) is 58.9 Å². The Bertz CT molecular complexity index is 1140. The first kappa shape index (κ1) is 23.1. The molecule has 5 rings (SSSR count). The number of aromatic amines is 1. The van der Waals surface area contributed by atoms with Gasteiger partial charge in [-0.2, -0.15) is 5.10 Å². The summed E-state index contributed by atoms with van der Waals surface area (Å²) in [6.45, 7) is 7.48. The Labute approximate surface area is 201 Å². The van der Waals surface area contributed by atoms with Crippen molar-refractivity contribution in [3.63, 3.8) is 0 Å². The summed E-state index contributed by atoms with van der Waals surface area (Å²) in [4.78, 5) is 19.8. The van der Waals surface area contributed by atoms with Gasteiger partial charge in [0, 0.05) is 37.1 Å². The average Bonchev–Trinajstić information content (AvgIpc) is 3.31. The van der Waals surface area contributed by atoms with E-state index in [1.165, 1.54) is 17.7 Å². The van der Waals surface area contributed by atoms with Crippen molar-refractivity contribution in [2.75, 3.05) is 37.0 Å². The van der Waals surface area contributed by atoms with Gasteiger partial charge in [-0.3, -0.25) is 9.89 Å². The fraction of sp³-hybridized carbons (Fsp3) is 0.577. The molecule has 2 aliphatic carbocycles. The van der Waals surface area contributed by atoms with Crippen LogP contribution in [0.15, 0.2) is 17.1 Å². The molecule has 0 spiro atoms. The van der Waals surface area contributed by atoms with Crippen LogP contribution in [0.3, 0.4) is 0 Å². The molecule has 2 aromatic rings. The standard InChI is InChI=1S/C26H36N6O2/c1-15-10-20-21(12-23(15)32(4)25(34)16(2)27-8-9-33)29-19(6-5-7-28-20)24-18-11-17-13-26(17,3)14-22(18)30-31-24/h10,12,16-17,27-28,33H,5-9,11,13-14H2,1-4H3,(H,30,31)/t16-,17+,26+/m0/s1. The molecule has 1 amide bonds. The summed E-state index contributed by atoms with van der Waals surface area (Å²) < 4.78 is 0. The number of nitrogens with one attached hydrogen (secondary N) is 3. The zero-order valence-corrected chi connectivity index (χ0v) is 20.7. The van der Waals surface area contributed by atoms with Gasteiger partial charge in [0.25, 0.3) is 0 Å². The number of carbonyl (C=O) groups excluding carboxylic acids is 1. The lowest BCUT2D eigenvalue weighted by Crippen LogP contribution is -2.44. The van der Waals surface area contributed by atoms with Crippen molar-refractivity contribution >= 4 is 28.7 Å². The molecule has 1 fully saturated rings. The number of H-pyrrole nitrogens is 1. The third kappa shape index (κ3) is 4.14. The van der Waals surface area contributed by atoms with Gasteiger partial charge < -0.3 is 20.6 Å². The molecule has 0 saturated heterocycles. The van der Waals surface area contributed by atoms with E-state index in [9.17, 15) is 4.79 Å². The van der Waals surface area contributed by atoms with E-state index in [-0.39, 0.29) is 18.6 Å². The van der Waals surface area contributed by atoms with Crippen molar-refractivity contribution in [3.05, 3.63) is 34.6 Å². The van der Waals surface area contributed by atoms with Crippen LogP contribution in [0, 0.1) is 18.3 Å². The summed E-state index contributed by atoms with van der Waals surface area (Å²) in [6, 6.07) is 3.71. The van der Waals surface area contributed by atoms with Gasteiger partial charge in [-0.15, -0.1) is 0 Å². The van der Waals surface area contributed by atoms with E-state index in [1.807, 2.05) is 19.9 Å². The van der Waals surface area contributed by atoms with Crippen LogP contribution in [-0.2, 0) is 17.6 Å². The second-order valence-electron chi connectivity index (χ2n) is 10.5. The number of fused-ring (bicyclic) bond motifs is 3. The second-order valence-corrected chi connectivity index (χ2v) is 10.5. The molecular weight excluding hydrogens is 428 g/mol. The summed E-state index contributed by atoms with van der Waals surface area (Å²) in [7, 11) is 1.80. The van der Waals surface area contributed by atoms with Crippen molar-refractivity contribution < 1.29 is 9.90 Å². The van der Waals surface area contributed by atoms with Crippen LogP contribution in [-0.4, -0.2) is 59.7 Å². The van der Waals surface area contributed by atoms with Gasteiger partial charge in [-0.1, -0.05) is 6.92 Å². The van der Waals surface area contributed by atoms with Crippen LogP contribution < -0.4 is 15.5 Å². The van der Waals surface area contributed by atoms with E-state index in [2.05, 4.69) is 28.7 Å². The molecule has 1 saturated carbocycles. The van der Waals surface area contributed by atoms with Crippen LogP contribution >= 0.6 is 0 Å². The summed E-state index contributed by atoms with van der Waals surface area (Å²) in [6.07, 6.45) is 5.35. The van der Waals surface area contributed by atoms with Crippen molar-refractivity contribution in [1.82, 2.24) is 15.5 Å². The first-order chi connectivity index (χ1) is 16.3. The highest BCUT2D eigenvalue weighted by atomic mass is 16.3. The summed E-state index contributed by atoms with van der Waals surface area (Å²) in [5.41, 5.74) is 8.86. The minimum Gasteiger partial charge on any atom is -0.395 e. The van der Waals surface area contributed by atoms with Crippen LogP contribution in [0.25, 0.3) is 0 Å². The number of aromatic nitrogens is 2. The van der Waals surface area contributed by atoms with E-state index >= 15 is 0 Å². The molecule has 1 aliphatic heterocycles. The number of aliphatic hydroxyl groups excluding tert-OH is 1. The number of hydrogen-bond acceptors (Lipinski definition) is 6. The van der Waals surface area contributed by atoms with Crippen molar-refractivity contribution in [2.24, 2.45) is 16.3 Å². The van der Waals surface area contributed by atoms with Crippen molar-refractivity contribution in [3.8, 4) is 0 Å². The Hall–Kier alpha value is -2.71. The van der Waals surface area contributed by atoms with E-state index in [0.717, 1.165) is 72.2 Å². The number of likely N-dealkylation sites (N-methyl/N-ethyl adjacent to an activating group) is 1. The van der Waals surface area contributed by atoms with Gasteiger partial charge in [0.15, 0.2) is 0 Å². The quantitative estimate of drug-likeness (QED) is 0.526. The third-order valence-electron chi connectivity index (χ3n) is 7.90. The first-order valence-electron chi connectivity index (χ1n) is 12.4. The lowest BCUT2D eigenvalue weighted by molar-refractivity contribution is -0.119. The fourth-order valence-corrected chi connectivity index (χ4v) is 5.61. The van der Waals surface area contributed by atoms with Crippen LogP contribution in [0.5, 0.6) is 0 Å². The van der Waals surface area contributed by atoms with Gasteiger partial charge >= 0.3 is 0 Å². The van der Waals surface area contributed by atoms with E-state index in [4.69, 9.17) is 15.2 Å². The van der Waals surface area contributed by atoms with Gasteiger partial charge in [-0.25, -0.2) is 4.99 Å². The van der Waals surface area contributed by atoms with Crippen LogP contribution in [0.1, 0.15) is 55.6 Å². The number of amides is 1. The molecule has 1 aromatic carbocycles. The molecule has 34 heavy (non-hydrogen) atoms. The maximum absolute atomic E-state index is 13.0. The number of nitrogens with zero attached hydrogens (tertiary/aromatic N) is 3. The number of benzene rings is 1. The largest absolute Gasteiger partial charge is 0.395 e. The average molecular weight is 465 g/mol. The zero-order valence-electron chi connectivity index (χ0n) is 20.7. The molecule has 4 N–H and O–H groups in total. The molecule has 182 valence electrons. The van der Waals surface area contributed by atoms with Gasteiger partial charge in [0.2, 0.25) is 5.91 Å². The fourth-order valence-electron chi connectivity index (χ4n) is 5.61. The molecule has 0 bridgehead atoms. The third-order valence-corrected chi connectivity index (χ3v) is 7.90. The lowest BCUT2D eigenvalue weighted by Gasteiger charge is -2.25. The number of aryl methyl sites for hydroxylation is 1. The molecule has 0 radical (unpaired) electrons. The molecule has 1 aromatic heterocycles. The van der Waals surface area contributed by atoms with Crippen LogP contribution in [0.4, 0.5) is 17.1 Å².